The smallest absolute Gasteiger partial charge is 0.0534 e. The molecule has 44 heavy (non-hydrogen) atoms. The van der Waals surface area contributed by atoms with Crippen LogP contribution in [0.4, 0.5) is 11.4 Å². The van der Waals surface area contributed by atoms with E-state index in [2.05, 4.69) is 196 Å². The van der Waals surface area contributed by atoms with Crippen molar-refractivity contribution in [3.63, 3.8) is 0 Å². The van der Waals surface area contributed by atoms with Crippen LogP contribution in [0, 0.1) is 13.8 Å². The molecule has 0 spiro atoms. The highest BCUT2D eigenvalue weighted by Gasteiger charge is 2.15. The number of hydrogen-bond donors (Lipinski definition) is 0. The van der Waals surface area contributed by atoms with Crippen LogP contribution in [-0.2, 0) is 0 Å². The molecule has 0 heterocycles. The highest BCUT2D eigenvalue weighted by Crippen LogP contribution is 2.37. The summed E-state index contributed by atoms with van der Waals surface area (Å²) >= 11 is 0. The summed E-state index contributed by atoms with van der Waals surface area (Å²) < 4.78 is 0. The van der Waals surface area contributed by atoms with Crippen molar-refractivity contribution in [2.45, 2.75) is 20.8 Å². The average molecular weight is 568 g/mol. The molecule has 0 fully saturated rings. The van der Waals surface area contributed by atoms with Crippen LogP contribution < -0.4 is 4.90 Å². The number of anilines is 2. The fourth-order valence-electron chi connectivity index (χ4n) is 5.54. The lowest BCUT2D eigenvalue weighted by atomic mass is 9.97. The molecule has 6 rings (SSSR count). The van der Waals surface area contributed by atoms with E-state index in [0.717, 1.165) is 16.9 Å². The maximum atomic E-state index is 2.34. The minimum absolute atomic E-state index is 1.12. The quantitative estimate of drug-likeness (QED) is 0.165. The van der Waals surface area contributed by atoms with Gasteiger partial charge in [0.15, 0.2) is 0 Å². The van der Waals surface area contributed by atoms with Crippen LogP contribution in [0.2, 0.25) is 0 Å². The third kappa shape index (κ3) is 6.48. The Morgan fingerprint density at radius 3 is 1.68 bits per heavy atom. The lowest BCUT2D eigenvalue weighted by Crippen LogP contribution is -2.11. The van der Waals surface area contributed by atoms with Gasteiger partial charge in [-0.05, 0) is 72.2 Å². The van der Waals surface area contributed by atoms with Crippen LogP contribution in [0.25, 0.3) is 28.0 Å². The molecule has 6 aromatic carbocycles. The molecule has 214 valence electrons. The van der Waals surface area contributed by atoms with Gasteiger partial charge in [-0.1, -0.05) is 157 Å². The highest BCUT2D eigenvalue weighted by molar-refractivity contribution is 6.02. The molecule has 0 radical (unpaired) electrons. The van der Waals surface area contributed by atoms with Crippen molar-refractivity contribution in [2.24, 2.45) is 0 Å². The molecule has 0 aliphatic heterocycles. The number of benzene rings is 6. The van der Waals surface area contributed by atoms with E-state index in [0.29, 0.717) is 0 Å². The molecule has 6 aromatic rings. The Hall–Kier alpha value is -5.40. The molecule has 0 saturated carbocycles. The van der Waals surface area contributed by atoms with Crippen LogP contribution in [-0.4, -0.2) is 0 Å². The van der Waals surface area contributed by atoms with Gasteiger partial charge in [-0.3, -0.25) is 0 Å². The minimum Gasteiger partial charge on any atom is -0.316 e. The van der Waals surface area contributed by atoms with Crippen LogP contribution in [0.15, 0.2) is 164 Å². The molecule has 0 N–H and O–H groups in total. The fourth-order valence-corrected chi connectivity index (χ4v) is 5.54. The lowest BCUT2D eigenvalue weighted by Gasteiger charge is -2.25. The number of nitrogens with zero attached hydrogens (tertiary/aromatic N) is 1. The van der Waals surface area contributed by atoms with Gasteiger partial charge in [0, 0.05) is 22.8 Å². The Labute approximate surface area is 261 Å². The molecule has 0 bridgehead atoms. The van der Waals surface area contributed by atoms with E-state index in [4.69, 9.17) is 0 Å². The standard InChI is InChI=1S/C43H37N/c1-32-21-25-35(26-22-32)34(3)13-12-18-38-27-30-43(41-20-11-10-19-40(38)41)44(39-28-23-33(2)24-29-39)31-42(36-14-6-4-7-15-36)37-16-8-5-9-17-37/h4-31H,1-3H3/b18-12+,34-13+. The van der Waals surface area contributed by atoms with Gasteiger partial charge in [-0.25, -0.2) is 0 Å². The maximum absolute atomic E-state index is 2.34. The van der Waals surface area contributed by atoms with E-state index in [9.17, 15) is 0 Å². The molecule has 0 aromatic heterocycles. The van der Waals surface area contributed by atoms with Crippen molar-refractivity contribution in [3.05, 3.63) is 197 Å². The second-order valence-electron chi connectivity index (χ2n) is 11.3. The second kappa shape index (κ2) is 13.3. The SMILES string of the molecule is C/C(=C\C=C\c1ccc(N(C=C(c2ccccc2)c2ccccc2)c2ccc(C)cc2)c2ccccc12)c1ccc(C)cc1. The van der Waals surface area contributed by atoms with E-state index in [1.54, 1.807) is 0 Å². The molecule has 1 heteroatoms. The van der Waals surface area contributed by atoms with Gasteiger partial charge < -0.3 is 4.90 Å². The molecular formula is C43H37N. The summed E-state index contributed by atoms with van der Waals surface area (Å²) in [5.74, 6) is 0. The van der Waals surface area contributed by atoms with E-state index in [-0.39, 0.29) is 0 Å². The monoisotopic (exact) mass is 567 g/mol. The van der Waals surface area contributed by atoms with Gasteiger partial charge in [-0.15, -0.1) is 0 Å². The van der Waals surface area contributed by atoms with Crippen LogP contribution in [0.1, 0.15) is 40.3 Å². The van der Waals surface area contributed by atoms with Gasteiger partial charge >= 0.3 is 0 Å². The second-order valence-corrected chi connectivity index (χ2v) is 11.3. The lowest BCUT2D eigenvalue weighted by molar-refractivity contribution is 1.28. The summed E-state index contributed by atoms with van der Waals surface area (Å²) in [6.07, 6.45) is 8.87. The van der Waals surface area contributed by atoms with Crippen molar-refractivity contribution in [1.29, 1.82) is 0 Å². The zero-order chi connectivity index (χ0) is 30.3. The normalized spacial score (nSPS) is 11.6. The largest absolute Gasteiger partial charge is 0.316 e. The zero-order valence-corrected chi connectivity index (χ0v) is 25.6. The molecule has 0 amide bonds. The Morgan fingerprint density at radius 2 is 1.07 bits per heavy atom. The van der Waals surface area contributed by atoms with Crippen molar-refractivity contribution in [1.82, 2.24) is 0 Å². The third-order valence-corrected chi connectivity index (χ3v) is 8.06. The first-order valence-corrected chi connectivity index (χ1v) is 15.2. The number of aryl methyl sites for hydroxylation is 2. The molecule has 0 aliphatic rings. The Balaban J connectivity index is 1.48. The van der Waals surface area contributed by atoms with Gasteiger partial charge in [-0.2, -0.15) is 0 Å². The number of fused-ring (bicyclic) bond motifs is 1. The van der Waals surface area contributed by atoms with Crippen LogP contribution in [0.3, 0.4) is 0 Å². The number of rotatable bonds is 8. The topological polar surface area (TPSA) is 3.24 Å². The molecule has 0 aliphatic carbocycles. The summed E-state index contributed by atoms with van der Waals surface area (Å²) in [5.41, 5.74) is 12.0. The molecule has 1 nitrogen and oxygen atoms in total. The van der Waals surface area contributed by atoms with Crippen LogP contribution >= 0.6 is 0 Å². The minimum atomic E-state index is 1.12. The van der Waals surface area contributed by atoms with E-state index < -0.39 is 0 Å². The van der Waals surface area contributed by atoms with Gasteiger partial charge in [0.05, 0.1) is 5.69 Å². The first-order chi connectivity index (χ1) is 21.6. The van der Waals surface area contributed by atoms with E-state index >= 15 is 0 Å². The number of allylic oxidation sites excluding steroid dienone is 3. The summed E-state index contributed by atoms with van der Waals surface area (Å²) in [5, 5.41) is 2.42. The van der Waals surface area contributed by atoms with E-state index in [1.165, 1.54) is 49.7 Å². The maximum Gasteiger partial charge on any atom is 0.0534 e. The van der Waals surface area contributed by atoms with Crippen molar-refractivity contribution < 1.29 is 0 Å². The molecule has 0 unspecified atom stereocenters. The third-order valence-electron chi connectivity index (χ3n) is 8.06. The summed E-state index contributed by atoms with van der Waals surface area (Å²) in [6.45, 7) is 6.42. The first-order valence-electron chi connectivity index (χ1n) is 15.2. The average Bonchev–Trinajstić information content (AvgIpc) is 3.07. The predicted octanol–water partition coefficient (Wildman–Crippen LogP) is 11.8. The molecule has 0 saturated heterocycles. The van der Waals surface area contributed by atoms with Crippen LogP contribution in [0.5, 0.6) is 0 Å². The summed E-state index contributed by atoms with van der Waals surface area (Å²) in [7, 11) is 0. The number of hydrogen-bond acceptors (Lipinski definition) is 1. The van der Waals surface area contributed by atoms with Gasteiger partial charge in [0.25, 0.3) is 0 Å². The molecular weight excluding hydrogens is 530 g/mol. The fraction of sp³-hybridized carbons (Fsp3) is 0.0698. The van der Waals surface area contributed by atoms with Crippen molar-refractivity contribution in [3.8, 4) is 0 Å². The summed E-state index contributed by atoms with van der Waals surface area (Å²) in [4.78, 5) is 2.34. The molecule has 0 atom stereocenters. The zero-order valence-electron chi connectivity index (χ0n) is 25.6. The Bertz CT molecular complexity index is 1900. The predicted molar refractivity (Wildman–Crippen MR) is 191 cm³/mol. The Kier molecular flexibility index (Phi) is 8.66. The van der Waals surface area contributed by atoms with Crippen molar-refractivity contribution >= 4 is 39.4 Å². The first kappa shape index (κ1) is 28.7. The Morgan fingerprint density at radius 1 is 0.523 bits per heavy atom. The van der Waals surface area contributed by atoms with Gasteiger partial charge in [0.2, 0.25) is 0 Å². The van der Waals surface area contributed by atoms with Gasteiger partial charge in [0.1, 0.15) is 0 Å². The highest BCUT2D eigenvalue weighted by atomic mass is 15.1. The van der Waals surface area contributed by atoms with Crippen molar-refractivity contribution in [2.75, 3.05) is 4.90 Å². The summed E-state index contributed by atoms with van der Waals surface area (Å²) in [6, 6.07) is 52.0. The van der Waals surface area contributed by atoms with E-state index in [1.807, 2.05) is 0 Å².